The molecule has 0 radical (unpaired) electrons. The first-order chi connectivity index (χ1) is 14.6. The van der Waals surface area contributed by atoms with Crippen LogP contribution in [0.4, 0.5) is 35.0 Å². The number of nitrogens with one attached hydrogen (secondary N) is 3. The highest BCUT2D eigenvalue weighted by Gasteiger charge is 2.33. The van der Waals surface area contributed by atoms with Crippen molar-refractivity contribution in [1.29, 1.82) is 0 Å². The maximum Gasteiger partial charge on any atom is 0.416 e. The second-order valence-corrected chi connectivity index (χ2v) is 6.25. The van der Waals surface area contributed by atoms with Crippen LogP contribution in [0.3, 0.4) is 0 Å². The minimum atomic E-state index is -4.70. The van der Waals surface area contributed by atoms with Crippen molar-refractivity contribution in [3.8, 4) is 0 Å². The molecule has 0 saturated heterocycles. The van der Waals surface area contributed by atoms with E-state index in [1.165, 1.54) is 7.11 Å². The zero-order chi connectivity index (χ0) is 23.0. The molecular formula is C19H19F3N4O5. The number of anilines is 2. The molecule has 2 aromatic carbocycles. The molecule has 0 aliphatic heterocycles. The number of halogens is 3. The van der Waals surface area contributed by atoms with Gasteiger partial charge in [-0.2, -0.15) is 13.2 Å². The van der Waals surface area contributed by atoms with Crippen LogP contribution in [-0.4, -0.2) is 30.6 Å². The minimum absolute atomic E-state index is 0.0139. The SMILES string of the molecule is COC(=O)Nc1ccc(CNC(=O)CCNc2ccc(C(F)(F)F)cc2[N+](=O)[O-])cc1. The summed E-state index contributed by atoms with van der Waals surface area (Å²) in [5.41, 5.74) is -0.690. The largest absolute Gasteiger partial charge is 0.453 e. The van der Waals surface area contributed by atoms with Crippen molar-refractivity contribution in [2.75, 3.05) is 24.3 Å². The number of rotatable bonds is 8. The highest BCUT2D eigenvalue weighted by Crippen LogP contribution is 2.34. The van der Waals surface area contributed by atoms with Crippen LogP contribution < -0.4 is 16.0 Å². The maximum absolute atomic E-state index is 12.7. The number of ether oxygens (including phenoxy) is 1. The summed E-state index contributed by atoms with van der Waals surface area (Å²) in [5, 5.41) is 18.8. The number of alkyl halides is 3. The molecular weight excluding hydrogens is 421 g/mol. The Balaban J connectivity index is 1.84. The molecule has 3 N–H and O–H groups in total. The van der Waals surface area contributed by atoms with Gasteiger partial charge in [-0.05, 0) is 29.8 Å². The van der Waals surface area contributed by atoms with Gasteiger partial charge in [-0.3, -0.25) is 20.2 Å². The number of carbonyl (C=O) groups excluding carboxylic acids is 2. The lowest BCUT2D eigenvalue weighted by Crippen LogP contribution is -2.25. The Bertz CT molecular complexity index is 949. The lowest BCUT2D eigenvalue weighted by molar-refractivity contribution is -0.384. The van der Waals surface area contributed by atoms with E-state index in [1.807, 2.05) is 0 Å². The van der Waals surface area contributed by atoms with Crippen LogP contribution in [0, 0.1) is 10.1 Å². The quantitative estimate of drug-likeness (QED) is 0.423. The minimum Gasteiger partial charge on any atom is -0.453 e. The molecule has 0 bridgehead atoms. The van der Waals surface area contributed by atoms with Gasteiger partial charge >= 0.3 is 12.3 Å². The van der Waals surface area contributed by atoms with E-state index in [1.54, 1.807) is 24.3 Å². The van der Waals surface area contributed by atoms with Crippen LogP contribution >= 0.6 is 0 Å². The molecule has 0 saturated carbocycles. The van der Waals surface area contributed by atoms with E-state index in [4.69, 9.17) is 0 Å². The molecule has 2 amide bonds. The Morgan fingerprint density at radius 1 is 1.13 bits per heavy atom. The number of amides is 2. The first kappa shape index (κ1) is 23.4. The second kappa shape index (κ2) is 10.3. The van der Waals surface area contributed by atoms with Crippen molar-refractivity contribution >= 4 is 29.1 Å². The van der Waals surface area contributed by atoms with Gasteiger partial charge in [0.05, 0.1) is 17.6 Å². The number of nitro groups is 1. The molecule has 0 heterocycles. The zero-order valence-corrected chi connectivity index (χ0v) is 16.3. The van der Waals surface area contributed by atoms with Gasteiger partial charge in [-0.25, -0.2) is 4.79 Å². The van der Waals surface area contributed by atoms with Crippen LogP contribution in [0.5, 0.6) is 0 Å². The van der Waals surface area contributed by atoms with Crippen LogP contribution in [-0.2, 0) is 22.3 Å². The summed E-state index contributed by atoms with van der Waals surface area (Å²) in [6.45, 7) is 0.192. The van der Waals surface area contributed by atoms with E-state index in [0.717, 1.165) is 17.7 Å². The van der Waals surface area contributed by atoms with Crippen molar-refractivity contribution in [2.45, 2.75) is 19.1 Å². The van der Waals surface area contributed by atoms with Crippen LogP contribution in [0.2, 0.25) is 0 Å². The third kappa shape index (κ3) is 7.17. The molecule has 0 fully saturated rings. The monoisotopic (exact) mass is 440 g/mol. The summed E-state index contributed by atoms with van der Waals surface area (Å²) in [5.74, 6) is -0.362. The van der Waals surface area contributed by atoms with Gasteiger partial charge in [0.15, 0.2) is 0 Å². The lowest BCUT2D eigenvalue weighted by Gasteiger charge is -2.11. The van der Waals surface area contributed by atoms with Gasteiger partial charge < -0.3 is 15.4 Å². The molecule has 9 nitrogen and oxygen atoms in total. The molecule has 31 heavy (non-hydrogen) atoms. The van der Waals surface area contributed by atoms with Crippen molar-refractivity contribution < 1.29 is 32.4 Å². The standard InChI is InChI=1S/C19H19F3N4O5/c1-31-18(28)25-14-5-2-12(3-6-14)11-24-17(27)8-9-23-15-7-4-13(19(20,21)22)10-16(15)26(29)30/h2-7,10,23H,8-9,11H2,1H3,(H,24,27)(H,25,28). The Hall–Kier alpha value is -3.83. The topological polar surface area (TPSA) is 123 Å². The van der Waals surface area contributed by atoms with E-state index in [2.05, 4.69) is 20.7 Å². The number of nitro benzene ring substituents is 1. The van der Waals surface area contributed by atoms with Crippen LogP contribution in [0.25, 0.3) is 0 Å². The average Bonchev–Trinajstić information content (AvgIpc) is 2.72. The van der Waals surface area contributed by atoms with E-state index >= 15 is 0 Å². The highest BCUT2D eigenvalue weighted by atomic mass is 19.4. The molecule has 0 unspecified atom stereocenters. The van der Waals surface area contributed by atoms with Crippen LogP contribution in [0.1, 0.15) is 17.5 Å². The Labute approximate surface area is 174 Å². The Kier molecular flexibility index (Phi) is 7.77. The third-order valence-corrected chi connectivity index (χ3v) is 4.06. The molecule has 0 aromatic heterocycles. The Morgan fingerprint density at radius 3 is 2.39 bits per heavy atom. The summed E-state index contributed by atoms with van der Waals surface area (Å²) in [6, 6.07) is 8.77. The first-order valence-electron chi connectivity index (χ1n) is 8.90. The van der Waals surface area contributed by atoms with E-state index in [0.29, 0.717) is 11.8 Å². The van der Waals surface area contributed by atoms with Gasteiger partial charge in [0.2, 0.25) is 5.91 Å². The maximum atomic E-state index is 12.7. The van der Waals surface area contributed by atoms with Crippen molar-refractivity contribution in [1.82, 2.24) is 5.32 Å². The zero-order valence-electron chi connectivity index (χ0n) is 16.3. The molecule has 0 spiro atoms. The first-order valence-corrected chi connectivity index (χ1v) is 8.90. The van der Waals surface area contributed by atoms with E-state index in [9.17, 15) is 32.9 Å². The highest BCUT2D eigenvalue weighted by molar-refractivity contribution is 5.84. The normalized spacial score (nSPS) is 10.8. The molecule has 0 atom stereocenters. The van der Waals surface area contributed by atoms with Gasteiger partial charge in [0.1, 0.15) is 5.69 Å². The van der Waals surface area contributed by atoms with Crippen molar-refractivity contribution in [2.24, 2.45) is 0 Å². The number of hydrogen-bond acceptors (Lipinski definition) is 6. The molecule has 166 valence electrons. The number of nitrogens with zero attached hydrogens (tertiary/aromatic N) is 1. The summed E-state index contributed by atoms with van der Waals surface area (Å²) in [4.78, 5) is 33.2. The van der Waals surface area contributed by atoms with E-state index < -0.39 is 28.4 Å². The molecule has 2 rings (SSSR count). The van der Waals surface area contributed by atoms with Gasteiger partial charge in [-0.15, -0.1) is 0 Å². The van der Waals surface area contributed by atoms with Gasteiger partial charge in [0, 0.05) is 31.3 Å². The molecule has 0 aliphatic carbocycles. The number of hydrogen-bond donors (Lipinski definition) is 3. The predicted molar refractivity (Wildman–Crippen MR) is 106 cm³/mol. The summed E-state index contributed by atoms with van der Waals surface area (Å²) in [6.07, 6.45) is -5.36. The van der Waals surface area contributed by atoms with Crippen LogP contribution in [0.15, 0.2) is 42.5 Å². The van der Waals surface area contributed by atoms with E-state index in [-0.39, 0.29) is 31.1 Å². The summed E-state index contributed by atoms with van der Waals surface area (Å²) < 4.78 is 42.6. The average molecular weight is 440 g/mol. The fraction of sp³-hybridized carbons (Fsp3) is 0.263. The molecule has 2 aromatic rings. The summed E-state index contributed by atoms with van der Waals surface area (Å²) in [7, 11) is 1.24. The van der Waals surface area contributed by atoms with Gasteiger partial charge in [-0.1, -0.05) is 12.1 Å². The fourth-order valence-electron chi connectivity index (χ4n) is 2.48. The molecule has 0 aliphatic rings. The number of methoxy groups -OCH3 is 1. The summed E-state index contributed by atoms with van der Waals surface area (Å²) >= 11 is 0. The fourth-order valence-corrected chi connectivity index (χ4v) is 2.48. The smallest absolute Gasteiger partial charge is 0.416 e. The van der Waals surface area contributed by atoms with Crippen molar-refractivity contribution in [3.63, 3.8) is 0 Å². The van der Waals surface area contributed by atoms with Crippen molar-refractivity contribution in [3.05, 3.63) is 63.7 Å². The third-order valence-electron chi connectivity index (χ3n) is 4.06. The Morgan fingerprint density at radius 2 is 1.81 bits per heavy atom. The predicted octanol–water partition coefficient (Wildman–Crippen LogP) is 3.91. The van der Waals surface area contributed by atoms with Gasteiger partial charge in [0.25, 0.3) is 5.69 Å². The number of carbonyl (C=O) groups is 2. The molecule has 12 heteroatoms. The second-order valence-electron chi connectivity index (χ2n) is 6.25. The number of benzene rings is 2. The lowest BCUT2D eigenvalue weighted by atomic mass is 10.1.